The van der Waals surface area contributed by atoms with Gasteiger partial charge < -0.3 is 10.3 Å². The molecule has 2 aliphatic rings. The van der Waals surface area contributed by atoms with Gasteiger partial charge in [0.15, 0.2) is 0 Å². The Balaban J connectivity index is 2.04. The lowest BCUT2D eigenvalue weighted by Gasteiger charge is -2.32. The largest absolute Gasteiger partial charge is 0.361 e. The highest BCUT2D eigenvalue weighted by Crippen LogP contribution is 2.38. The highest BCUT2D eigenvalue weighted by Gasteiger charge is 2.28. The molecule has 1 aliphatic heterocycles. The first kappa shape index (κ1) is 9.49. The summed E-state index contributed by atoms with van der Waals surface area (Å²) in [7, 11) is 0. The molecule has 0 amide bonds. The lowest BCUT2D eigenvalue weighted by atomic mass is 9.81. The average Bonchev–Trinajstić information content (AvgIpc) is 2.75. The predicted octanol–water partition coefficient (Wildman–Crippen LogP) is 2.72. The van der Waals surface area contributed by atoms with Crippen LogP contribution in [-0.2, 0) is 6.42 Å². The molecule has 0 saturated carbocycles. The van der Waals surface area contributed by atoms with Crippen LogP contribution in [0.3, 0.4) is 0 Å². The standard InChI is InChI=1S/C15H16N2/c1-9-5-12-11-3-2-4-13-15(11)10(8-17-13)6-14(12)16-7-9/h2-5,8-9,14,16-17H,6-7H2,1H3. The van der Waals surface area contributed by atoms with Crippen molar-refractivity contribution in [3.8, 4) is 0 Å². The van der Waals surface area contributed by atoms with Crippen molar-refractivity contribution in [1.29, 1.82) is 0 Å². The molecule has 2 N–H and O–H groups in total. The van der Waals surface area contributed by atoms with Gasteiger partial charge in [0.05, 0.1) is 0 Å². The molecule has 1 aromatic heterocycles. The Morgan fingerprint density at radius 3 is 3.18 bits per heavy atom. The number of nitrogens with one attached hydrogen (secondary N) is 2. The van der Waals surface area contributed by atoms with Gasteiger partial charge in [-0.3, -0.25) is 0 Å². The van der Waals surface area contributed by atoms with Crippen LogP contribution in [-0.4, -0.2) is 17.6 Å². The molecule has 2 aromatic rings. The van der Waals surface area contributed by atoms with E-state index in [1.54, 1.807) is 0 Å². The number of aromatic amines is 1. The molecular formula is C15H16N2. The molecule has 2 nitrogen and oxygen atoms in total. The summed E-state index contributed by atoms with van der Waals surface area (Å²) < 4.78 is 0. The third kappa shape index (κ3) is 1.25. The summed E-state index contributed by atoms with van der Waals surface area (Å²) in [5.41, 5.74) is 5.66. The van der Waals surface area contributed by atoms with Crippen LogP contribution in [0.15, 0.2) is 30.5 Å². The normalized spacial score (nSPS) is 26.8. The highest BCUT2D eigenvalue weighted by atomic mass is 14.9. The van der Waals surface area contributed by atoms with Crippen molar-refractivity contribution in [2.45, 2.75) is 19.4 Å². The third-order valence-electron chi connectivity index (χ3n) is 4.05. The zero-order valence-electron chi connectivity index (χ0n) is 9.96. The lowest BCUT2D eigenvalue weighted by Crippen LogP contribution is -2.40. The van der Waals surface area contributed by atoms with Crippen molar-refractivity contribution in [2.24, 2.45) is 5.92 Å². The first-order valence-electron chi connectivity index (χ1n) is 6.37. The Hall–Kier alpha value is -1.54. The summed E-state index contributed by atoms with van der Waals surface area (Å²) in [6.45, 7) is 3.38. The summed E-state index contributed by atoms with van der Waals surface area (Å²) >= 11 is 0. The molecule has 86 valence electrons. The second kappa shape index (κ2) is 3.23. The van der Waals surface area contributed by atoms with Gasteiger partial charge in [0.1, 0.15) is 0 Å². The summed E-state index contributed by atoms with van der Waals surface area (Å²) in [5.74, 6) is 0.636. The number of hydrogen-bond acceptors (Lipinski definition) is 1. The molecule has 0 fully saturated rings. The fourth-order valence-corrected chi connectivity index (χ4v) is 3.26. The Morgan fingerprint density at radius 2 is 2.24 bits per heavy atom. The van der Waals surface area contributed by atoms with Crippen molar-refractivity contribution in [3.63, 3.8) is 0 Å². The topological polar surface area (TPSA) is 27.8 Å². The number of hydrogen-bond donors (Lipinski definition) is 2. The van der Waals surface area contributed by atoms with Crippen molar-refractivity contribution >= 4 is 16.5 Å². The summed E-state index contributed by atoms with van der Waals surface area (Å²) in [6.07, 6.45) is 5.74. The molecule has 4 rings (SSSR count). The summed E-state index contributed by atoms with van der Waals surface area (Å²) in [6, 6.07) is 7.10. The zero-order chi connectivity index (χ0) is 11.4. The first-order chi connectivity index (χ1) is 8.33. The van der Waals surface area contributed by atoms with Gasteiger partial charge in [0, 0.05) is 29.7 Å². The summed E-state index contributed by atoms with van der Waals surface area (Å²) in [4.78, 5) is 3.39. The van der Waals surface area contributed by atoms with Crippen molar-refractivity contribution in [2.75, 3.05) is 6.54 Å². The molecule has 1 aliphatic carbocycles. The fraction of sp³-hybridized carbons (Fsp3) is 0.333. The van der Waals surface area contributed by atoms with Gasteiger partial charge in [0.2, 0.25) is 0 Å². The van der Waals surface area contributed by atoms with Gasteiger partial charge >= 0.3 is 0 Å². The molecule has 2 heteroatoms. The van der Waals surface area contributed by atoms with E-state index in [0.29, 0.717) is 12.0 Å². The van der Waals surface area contributed by atoms with E-state index in [-0.39, 0.29) is 0 Å². The monoisotopic (exact) mass is 224 g/mol. The lowest BCUT2D eigenvalue weighted by molar-refractivity contribution is 0.516. The Labute approximate surface area is 101 Å². The van der Waals surface area contributed by atoms with Crippen LogP contribution in [0.25, 0.3) is 16.5 Å². The minimum absolute atomic E-state index is 0.514. The van der Waals surface area contributed by atoms with Gasteiger partial charge in [-0.05, 0) is 35.1 Å². The van der Waals surface area contributed by atoms with Crippen molar-refractivity contribution in [1.82, 2.24) is 10.3 Å². The molecule has 0 bridgehead atoms. The number of aromatic nitrogens is 1. The van der Waals surface area contributed by atoms with Crippen LogP contribution in [0.5, 0.6) is 0 Å². The predicted molar refractivity (Wildman–Crippen MR) is 70.9 cm³/mol. The SMILES string of the molecule is CC1C=C2c3cccc4[nH]cc(c34)CC2NC1. The highest BCUT2D eigenvalue weighted by molar-refractivity contribution is 5.98. The van der Waals surface area contributed by atoms with E-state index in [1.165, 1.54) is 27.6 Å². The molecule has 0 spiro atoms. The zero-order valence-corrected chi connectivity index (χ0v) is 9.96. The second-order valence-corrected chi connectivity index (χ2v) is 5.31. The van der Waals surface area contributed by atoms with E-state index < -0.39 is 0 Å². The maximum atomic E-state index is 3.66. The van der Waals surface area contributed by atoms with Gasteiger partial charge in [-0.2, -0.15) is 0 Å². The molecule has 17 heavy (non-hydrogen) atoms. The van der Waals surface area contributed by atoms with Gasteiger partial charge in [0.25, 0.3) is 0 Å². The maximum absolute atomic E-state index is 3.66. The average molecular weight is 224 g/mol. The van der Waals surface area contributed by atoms with Gasteiger partial charge in [-0.25, -0.2) is 0 Å². The van der Waals surface area contributed by atoms with Crippen LogP contribution < -0.4 is 5.32 Å². The number of rotatable bonds is 0. The van der Waals surface area contributed by atoms with E-state index in [2.05, 4.69) is 47.7 Å². The number of benzene rings is 1. The van der Waals surface area contributed by atoms with Crippen LogP contribution in [0.4, 0.5) is 0 Å². The van der Waals surface area contributed by atoms with E-state index in [0.717, 1.165) is 13.0 Å². The Kier molecular flexibility index (Phi) is 1.80. The molecule has 2 heterocycles. The second-order valence-electron chi connectivity index (χ2n) is 5.31. The molecular weight excluding hydrogens is 208 g/mol. The van der Waals surface area contributed by atoms with Crippen molar-refractivity contribution in [3.05, 3.63) is 41.6 Å². The smallest absolute Gasteiger partial charge is 0.0462 e. The van der Waals surface area contributed by atoms with E-state index in [4.69, 9.17) is 0 Å². The van der Waals surface area contributed by atoms with E-state index in [1.807, 2.05) is 0 Å². The Morgan fingerprint density at radius 1 is 1.29 bits per heavy atom. The first-order valence-corrected chi connectivity index (χ1v) is 6.37. The molecule has 0 saturated heterocycles. The molecule has 2 atom stereocenters. The third-order valence-corrected chi connectivity index (χ3v) is 4.05. The minimum atomic E-state index is 0.514. The summed E-state index contributed by atoms with van der Waals surface area (Å²) in [5, 5.41) is 5.10. The maximum Gasteiger partial charge on any atom is 0.0462 e. The van der Waals surface area contributed by atoms with Crippen LogP contribution in [0.2, 0.25) is 0 Å². The Bertz CT molecular complexity index is 621. The van der Waals surface area contributed by atoms with Gasteiger partial charge in [-0.15, -0.1) is 0 Å². The van der Waals surface area contributed by atoms with Gasteiger partial charge in [-0.1, -0.05) is 25.1 Å². The van der Waals surface area contributed by atoms with E-state index in [9.17, 15) is 0 Å². The molecule has 2 unspecified atom stereocenters. The number of H-pyrrole nitrogens is 1. The van der Waals surface area contributed by atoms with E-state index >= 15 is 0 Å². The van der Waals surface area contributed by atoms with Crippen LogP contribution in [0.1, 0.15) is 18.1 Å². The van der Waals surface area contributed by atoms with Crippen LogP contribution in [0, 0.1) is 5.92 Å². The minimum Gasteiger partial charge on any atom is -0.361 e. The molecule has 1 aromatic carbocycles. The molecule has 0 radical (unpaired) electrons. The van der Waals surface area contributed by atoms with Crippen molar-refractivity contribution < 1.29 is 0 Å². The van der Waals surface area contributed by atoms with Crippen LogP contribution >= 0.6 is 0 Å². The fourth-order valence-electron chi connectivity index (χ4n) is 3.26. The number of fused-ring (bicyclic) bond motifs is 2. The quantitative estimate of drug-likeness (QED) is 0.707.